The maximum atomic E-state index is 5.79. The highest BCUT2D eigenvalue weighted by Gasteiger charge is 1.96. The average molecular weight is 369 g/mol. The van der Waals surface area contributed by atoms with E-state index in [0.29, 0.717) is 11.7 Å². The molecule has 0 fully saturated rings. The first-order chi connectivity index (χ1) is 12.3. The van der Waals surface area contributed by atoms with Crippen molar-refractivity contribution in [1.29, 1.82) is 0 Å². The molecule has 0 saturated heterocycles. The molecule has 2 N–H and O–H groups in total. The van der Waals surface area contributed by atoms with Gasteiger partial charge in [0.25, 0.3) is 0 Å². The fraction of sp³-hybridized carbons (Fsp3) is 0.864. The Morgan fingerprint density at radius 3 is 1.56 bits per heavy atom. The Bertz CT molecular complexity index is 302. The van der Waals surface area contributed by atoms with Gasteiger partial charge in [-0.2, -0.15) is 0 Å². The van der Waals surface area contributed by atoms with Crippen LogP contribution in [0.15, 0.2) is 17.6 Å². The number of thioether (sulfide) groups is 1. The van der Waals surface area contributed by atoms with E-state index in [9.17, 15) is 0 Å². The lowest BCUT2D eigenvalue weighted by atomic mass is 10.0. The van der Waals surface area contributed by atoms with Gasteiger partial charge in [-0.15, -0.1) is 6.58 Å². The molecular weight excluding hydrogens is 324 g/mol. The molecule has 0 saturated carbocycles. The van der Waals surface area contributed by atoms with Crippen molar-refractivity contribution in [3.63, 3.8) is 0 Å². The number of rotatable bonds is 19. The lowest BCUT2D eigenvalue weighted by molar-refractivity contribution is 0.532. The Morgan fingerprint density at radius 1 is 0.760 bits per heavy atom. The summed E-state index contributed by atoms with van der Waals surface area (Å²) in [7, 11) is 0. The van der Waals surface area contributed by atoms with E-state index in [4.69, 9.17) is 5.73 Å². The van der Waals surface area contributed by atoms with Gasteiger partial charge in [-0.05, 0) is 6.42 Å². The van der Waals surface area contributed by atoms with Crippen LogP contribution in [0.1, 0.15) is 110 Å². The zero-order chi connectivity index (χ0) is 18.4. The Balaban J connectivity index is 3.08. The van der Waals surface area contributed by atoms with Crippen molar-refractivity contribution in [2.24, 2.45) is 10.7 Å². The summed E-state index contributed by atoms with van der Waals surface area (Å²) in [6, 6.07) is 0. The van der Waals surface area contributed by atoms with Crippen LogP contribution in [0.5, 0.6) is 0 Å². The van der Waals surface area contributed by atoms with Gasteiger partial charge in [0.05, 0.1) is 6.54 Å². The third kappa shape index (κ3) is 21.5. The fourth-order valence-electron chi connectivity index (χ4n) is 3.03. The summed E-state index contributed by atoms with van der Waals surface area (Å²) in [6.45, 7) is 6.57. The number of nitrogens with zero attached hydrogens (tertiary/aromatic N) is 1. The summed E-state index contributed by atoms with van der Waals surface area (Å²) >= 11 is 1.68. The van der Waals surface area contributed by atoms with Gasteiger partial charge < -0.3 is 5.73 Å². The van der Waals surface area contributed by atoms with E-state index in [0.717, 1.165) is 5.75 Å². The second-order valence-electron chi connectivity index (χ2n) is 7.12. The van der Waals surface area contributed by atoms with Crippen LogP contribution in [0.25, 0.3) is 0 Å². The van der Waals surface area contributed by atoms with Gasteiger partial charge >= 0.3 is 0 Å². The fourth-order valence-corrected chi connectivity index (χ4v) is 3.75. The molecule has 148 valence electrons. The molecule has 3 heteroatoms. The number of aliphatic imine (C=N–C) groups is 1. The van der Waals surface area contributed by atoms with Crippen LogP contribution in [0.4, 0.5) is 0 Å². The molecule has 25 heavy (non-hydrogen) atoms. The van der Waals surface area contributed by atoms with Gasteiger partial charge in [0, 0.05) is 5.75 Å². The molecule has 0 atom stereocenters. The van der Waals surface area contributed by atoms with Crippen molar-refractivity contribution in [2.75, 3.05) is 12.3 Å². The summed E-state index contributed by atoms with van der Waals surface area (Å²) in [6.07, 6.45) is 24.5. The van der Waals surface area contributed by atoms with E-state index in [-0.39, 0.29) is 0 Å². The highest BCUT2D eigenvalue weighted by molar-refractivity contribution is 8.13. The third-order valence-electron chi connectivity index (χ3n) is 4.62. The smallest absolute Gasteiger partial charge is 0.154 e. The SMILES string of the molecule is C=CCN=C(N)SCCCCCCCCCCCCCCCCCC. The number of hydrogen-bond acceptors (Lipinski definition) is 2. The molecule has 0 rings (SSSR count). The molecule has 0 heterocycles. The van der Waals surface area contributed by atoms with Crippen LogP contribution >= 0.6 is 11.8 Å². The van der Waals surface area contributed by atoms with Crippen LogP contribution in [-0.2, 0) is 0 Å². The standard InChI is InChI=1S/C22H44N2S/c1-3-5-6-7-8-9-10-11-12-13-14-15-16-17-18-19-21-25-22(23)24-20-4-2/h4H,2-3,5-21H2,1H3,(H2,23,24). The number of hydrogen-bond donors (Lipinski definition) is 1. The molecule has 2 nitrogen and oxygen atoms in total. The highest BCUT2D eigenvalue weighted by Crippen LogP contribution is 2.14. The van der Waals surface area contributed by atoms with Crippen molar-refractivity contribution in [3.05, 3.63) is 12.7 Å². The quantitative estimate of drug-likeness (QED) is 0.111. The van der Waals surface area contributed by atoms with E-state index in [2.05, 4.69) is 18.5 Å². The predicted octanol–water partition coefficient (Wildman–Crippen LogP) is 7.48. The van der Waals surface area contributed by atoms with Gasteiger partial charge in [-0.3, -0.25) is 4.99 Å². The summed E-state index contributed by atoms with van der Waals surface area (Å²) in [5.41, 5.74) is 5.79. The van der Waals surface area contributed by atoms with E-state index in [1.54, 1.807) is 17.8 Å². The van der Waals surface area contributed by atoms with Crippen molar-refractivity contribution in [3.8, 4) is 0 Å². The summed E-state index contributed by atoms with van der Waals surface area (Å²) in [5.74, 6) is 1.10. The van der Waals surface area contributed by atoms with Crippen molar-refractivity contribution >= 4 is 16.9 Å². The van der Waals surface area contributed by atoms with E-state index >= 15 is 0 Å². The van der Waals surface area contributed by atoms with Crippen LogP contribution in [0.3, 0.4) is 0 Å². The lowest BCUT2D eigenvalue weighted by Gasteiger charge is -2.04. The molecule has 0 aliphatic heterocycles. The highest BCUT2D eigenvalue weighted by atomic mass is 32.2. The van der Waals surface area contributed by atoms with Crippen LogP contribution < -0.4 is 5.73 Å². The minimum Gasteiger partial charge on any atom is -0.379 e. The molecule has 0 bridgehead atoms. The first-order valence-corrected chi connectivity index (χ1v) is 11.8. The normalized spacial score (nSPS) is 11.8. The number of unbranched alkanes of at least 4 members (excludes halogenated alkanes) is 15. The van der Waals surface area contributed by atoms with Crippen molar-refractivity contribution in [2.45, 2.75) is 110 Å². The zero-order valence-corrected chi connectivity index (χ0v) is 17.8. The summed E-state index contributed by atoms with van der Waals surface area (Å²) in [4.78, 5) is 4.19. The molecule has 0 aliphatic carbocycles. The lowest BCUT2D eigenvalue weighted by Crippen LogP contribution is -2.07. The Kier molecular flexibility index (Phi) is 21.2. The van der Waals surface area contributed by atoms with Crippen LogP contribution in [0, 0.1) is 0 Å². The van der Waals surface area contributed by atoms with E-state index < -0.39 is 0 Å². The summed E-state index contributed by atoms with van der Waals surface area (Å²) < 4.78 is 0. The van der Waals surface area contributed by atoms with Gasteiger partial charge in [0.15, 0.2) is 5.17 Å². The second kappa shape index (κ2) is 21.6. The van der Waals surface area contributed by atoms with Crippen molar-refractivity contribution < 1.29 is 0 Å². The predicted molar refractivity (Wildman–Crippen MR) is 119 cm³/mol. The molecule has 0 unspecified atom stereocenters. The summed E-state index contributed by atoms with van der Waals surface area (Å²) in [5, 5.41) is 0.709. The van der Waals surface area contributed by atoms with Crippen LogP contribution in [-0.4, -0.2) is 17.5 Å². The van der Waals surface area contributed by atoms with Gasteiger partial charge in [0.2, 0.25) is 0 Å². The minimum absolute atomic E-state index is 0.637. The Morgan fingerprint density at radius 2 is 1.16 bits per heavy atom. The number of amidine groups is 1. The largest absolute Gasteiger partial charge is 0.379 e. The van der Waals surface area contributed by atoms with E-state index in [1.807, 2.05) is 0 Å². The van der Waals surface area contributed by atoms with Gasteiger partial charge in [-0.1, -0.05) is 121 Å². The van der Waals surface area contributed by atoms with Crippen molar-refractivity contribution in [1.82, 2.24) is 0 Å². The first kappa shape index (κ1) is 24.6. The molecule has 0 spiro atoms. The van der Waals surface area contributed by atoms with Crippen LogP contribution in [0.2, 0.25) is 0 Å². The molecule has 0 radical (unpaired) electrons. The average Bonchev–Trinajstić information content (AvgIpc) is 2.62. The first-order valence-electron chi connectivity index (χ1n) is 10.8. The molecule has 0 aromatic heterocycles. The number of nitrogens with two attached hydrogens (primary N) is 1. The molecule has 0 aromatic carbocycles. The maximum Gasteiger partial charge on any atom is 0.154 e. The Labute approximate surface area is 162 Å². The Hall–Kier alpha value is -0.440. The molecule has 0 amide bonds. The molecule has 0 aromatic rings. The molecule has 0 aliphatic rings. The van der Waals surface area contributed by atoms with Gasteiger partial charge in [-0.25, -0.2) is 0 Å². The van der Waals surface area contributed by atoms with Gasteiger partial charge in [0.1, 0.15) is 0 Å². The maximum absolute atomic E-state index is 5.79. The second-order valence-corrected chi connectivity index (χ2v) is 8.23. The monoisotopic (exact) mass is 368 g/mol. The third-order valence-corrected chi connectivity index (χ3v) is 5.54. The molecular formula is C22H44N2S. The van der Waals surface area contributed by atoms with E-state index in [1.165, 1.54) is 103 Å². The minimum atomic E-state index is 0.637. The zero-order valence-electron chi connectivity index (χ0n) is 16.9. The topological polar surface area (TPSA) is 38.4 Å².